The van der Waals surface area contributed by atoms with Crippen LogP contribution >= 0.6 is 11.6 Å². The predicted molar refractivity (Wildman–Crippen MR) is 90.9 cm³/mol. The van der Waals surface area contributed by atoms with E-state index in [2.05, 4.69) is 20.6 Å². The normalized spacial score (nSPS) is 11.5. The monoisotopic (exact) mass is 431 g/mol. The largest absolute Gasteiger partial charge is 0.417 e. The molecule has 29 heavy (non-hydrogen) atoms. The summed E-state index contributed by atoms with van der Waals surface area (Å²) in [6.07, 6.45) is -2.82. The maximum atomic E-state index is 13.7. The van der Waals surface area contributed by atoms with Crippen molar-refractivity contribution in [2.45, 2.75) is 19.3 Å². The van der Waals surface area contributed by atoms with Crippen LogP contribution in [0.5, 0.6) is 0 Å². The Morgan fingerprint density at radius 1 is 1.21 bits per heavy atom. The first kappa shape index (κ1) is 20.6. The molecule has 12 heteroatoms. The zero-order chi connectivity index (χ0) is 21.2. The molecular formula is C17H11ClF5N5O. The van der Waals surface area contributed by atoms with E-state index in [1.807, 2.05) is 0 Å². The van der Waals surface area contributed by atoms with Gasteiger partial charge in [-0.15, -0.1) is 5.10 Å². The van der Waals surface area contributed by atoms with E-state index in [1.54, 1.807) is 0 Å². The minimum absolute atomic E-state index is 0.0221. The zero-order valence-electron chi connectivity index (χ0n) is 14.3. The first-order valence-electron chi connectivity index (χ1n) is 7.98. The first-order valence-corrected chi connectivity index (χ1v) is 8.36. The topological polar surface area (TPSA) is 72.7 Å². The molecule has 3 aromatic rings. The third-order valence-electron chi connectivity index (χ3n) is 3.81. The molecule has 0 aliphatic heterocycles. The number of aromatic nitrogens is 4. The zero-order valence-corrected chi connectivity index (χ0v) is 15.1. The number of hydrogen-bond acceptors (Lipinski definition) is 4. The van der Waals surface area contributed by atoms with Crippen LogP contribution in [0.2, 0.25) is 5.02 Å². The molecule has 1 amide bonds. The van der Waals surface area contributed by atoms with Crippen molar-refractivity contribution < 1.29 is 26.7 Å². The highest BCUT2D eigenvalue weighted by Gasteiger charge is 2.31. The average molecular weight is 432 g/mol. The molecule has 0 bridgehead atoms. The van der Waals surface area contributed by atoms with E-state index in [0.29, 0.717) is 12.3 Å². The highest BCUT2D eigenvalue weighted by atomic mass is 35.5. The summed E-state index contributed by atoms with van der Waals surface area (Å²) < 4.78 is 66.3. The molecule has 0 unspecified atom stereocenters. The van der Waals surface area contributed by atoms with Crippen LogP contribution in [0.25, 0.3) is 0 Å². The number of rotatable bonds is 5. The Labute approximate surface area is 165 Å². The second kappa shape index (κ2) is 8.11. The SMILES string of the molecule is O=C(NCc1ncc(C(F)(F)F)cc1Cl)c1cn(Cc2c(F)cccc2F)nn1. The van der Waals surface area contributed by atoms with E-state index in [9.17, 15) is 26.7 Å². The fraction of sp³-hybridized carbons (Fsp3) is 0.176. The minimum atomic E-state index is -4.59. The maximum absolute atomic E-state index is 13.7. The molecule has 1 aromatic carbocycles. The summed E-state index contributed by atoms with van der Waals surface area (Å²) in [5.41, 5.74) is -1.40. The molecule has 152 valence electrons. The summed E-state index contributed by atoms with van der Waals surface area (Å²) in [5, 5.41) is 9.36. The summed E-state index contributed by atoms with van der Waals surface area (Å²) in [6, 6.07) is 4.09. The van der Waals surface area contributed by atoms with Crippen molar-refractivity contribution in [3.63, 3.8) is 0 Å². The van der Waals surface area contributed by atoms with Gasteiger partial charge in [-0.1, -0.05) is 22.9 Å². The van der Waals surface area contributed by atoms with Crippen molar-refractivity contribution in [1.82, 2.24) is 25.3 Å². The van der Waals surface area contributed by atoms with Gasteiger partial charge in [0.2, 0.25) is 0 Å². The molecule has 3 rings (SSSR count). The first-order chi connectivity index (χ1) is 13.6. The molecule has 0 saturated carbocycles. The van der Waals surface area contributed by atoms with Crippen LogP contribution in [0.1, 0.15) is 27.3 Å². The lowest BCUT2D eigenvalue weighted by molar-refractivity contribution is -0.137. The molecule has 2 aromatic heterocycles. The van der Waals surface area contributed by atoms with Crippen molar-refractivity contribution in [3.05, 3.63) is 75.8 Å². The van der Waals surface area contributed by atoms with Crippen molar-refractivity contribution in [2.75, 3.05) is 0 Å². The Balaban J connectivity index is 1.65. The summed E-state index contributed by atoms with van der Waals surface area (Å²) >= 11 is 5.77. The molecular weight excluding hydrogens is 421 g/mol. The van der Waals surface area contributed by atoms with Crippen LogP contribution in [0.15, 0.2) is 36.7 Å². The number of nitrogens with zero attached hydrogens (tertiary/aromatic N) is 4. The number of carbonyl (C=O) groups excluding carboxylic acids is 1. The van der Waals surface area contributed by atoms with E-state index >= 15 is 0 Å². The number of carbonyl (C=O) groups is 1. The van der Waals surface area contributed by atoms with E-state index in [4.69, 9.17) is 11.6 Å². The average Bonchev–Trinajstić information content (AvgIpc) is 3.11. The molecule has 0 fully saturated rings. The summed E-state index contributed by atoms with van der Waals surface area (Å²) in [4.78, 5) is 15.7. The third kappa shape index (κ3) is 4.86. The fourth-order valence-electron chi connectivity index (χ4n) is 2.33. The lowest BCUT2D eigenvalue weighted by atomic mass is 10.2. The van der Waals surface area contributed by atoms with Crippen LogP contribution in [0, 0.1) is 11.6 Å². The smallest absolute Gasteiger partial charge is 0.345 e. The number of nitrogens with one attached hydrogen (secondary N) is 1. The van der Waals surface area contributed by atoms with Gasteiger partial charge in [-0.3, -0.25) is 9.78 Å². The van der Waals surface area contributed by atoms with Gasteiger partial charge < -0.3 is 5.32 Å². The quantitative estimate of drug-likeness (QED) is 0.626. The molecule has 2 heterocycles. The molecule has 0 radical (unpaired) electrons. The molecule has 1 N–H and O–H groups in total. The number of pyridine rings is 1. The van der Waals surface area contributed by atoms with E-state index in [-0.39, 0.29) is 35.1 Å². The molecule has 6 nitrogen and oxygen atoms in total. The standard InChI is InChI=1S/C17H11ClF5N5O/c18-11-4-9(17(21,22)23)5-24-14(11)6-25-16(29)15-8-28(27-26-15)7-10-12(19)2-1-3-13(10)20/h1-5,8H,6-7H2,(H,25,29). The Morgan fingerprint density at radius 2 is 1.90 bits per heavy atom. The number of amides is 1. The van der Waals surface area contributed by atoms with Gasteiger partial charge in [0.05, 0.1) is 35.6 Å². The second-order valence-corrected chi connectivity index (χ2v) is 6.24. The maximum Gasteiger partial charge on any atom is 0.417 e. The highest BCUT2D eigenvalue weighted by Crippen LogP contribution is 2.31. The Kier molecular flexibility index (Phi) is 5.78. The lowest BCUT2D eigenvalue weighted by Crippen LogP contribution is -2.24. The minimum Gasteiger partial charge on any atom is -0.345 e. The molecule has 0 spiro atoms. The van der Waals surface area contributed by atoms with Gasteiger partial charge in [-0.2, -0.15) is 13.2 Å². The number of benzene rings is 1. The van der Waals surface area contributed by atoms with Crippen molar-refractivity contribution in [1.29, 1.82) is 0 Å². The Hall–Kier alpha value is -3.08. The molecule has 0 aliphatic carbocycles. The summed E-state index contributed by atoms with van der Waals surface area (Å²) in [6.45, 7) is -0.546. The van der Waals surface area contributed by atoms with Gasteiger partial charge in [0, 0.05) is 11.8 Å². The Bertz CT molecular complexity index is 1030. The van der Waals surface area contributed by atoms with E-state index in [0.717, 1.165) is 16.8 Å². The van der Waals surface area contributed by atoms with Crippen molar-refractivity contribution in [2.24, 2.45) is 0 Å². The van der Waals surface area contributed by atoms with Gasteiger partial charge in [0.25, 0.3) is 5.91 Å². The van der Waals surface area contributed by atoms with Gasteiger partial charge in [0.15, 0.2) is 5.69 Å². The van der Waals surface area contributed by atoms with Gasteiger partial charge in [-0.05, 0) is 18.2 Å². The summed E-state index contributed by atoms with van der Waals surface area (Å²) in [7, 11) is 0. The van der Waals surface area contributed by atoms with E-state index in [1.165, 1.54) is 12.3 Å². The number of hydrogen-bond donors (Lipinski definition) is 1. The van der Waals surface area contributed by atoms with Gasteiger partial charge in [0.1, 0.15) is 11.6 Å². The van der Waals surface area contributed by atoms with Gasteiger partial charge in [-0.25, -0.2) is 13.5 Å². The van der Waals surface area contributed by atoms with Gasteiger partial charge >= 0.3 is 6.18 Å². The lowest BCUT2D eigenvalue weighted by Gasteiger charge is -2.09. The molecule has 0 saturated heterocycles. The van der Waals surface area contributed by atoms with Crippen molar-refractivity contribution in [3.8, 4) is 0 Å². The van der Waals surface area contributed by atoms with Crippen molar-refractivity contribution >= 4 is 17.5 Å². The highest BCUT2D eigenvalue weighted by molar-refractivity contribution is 6.31. The molecule has 0 atom stereocenters. The van der Waals surface area contributed by atoms with Crippen LogP contribution < -0.4 is 5.32 Å². The Morgan fingerprint density at radius 3 is 2.52 bits per heavy atom. The molecule has 0 aliphatic rings. The fourth-order valence-corrected chi connectivity index (χ4v) is 2.56. The third-order valence-corrected chi connectivity index (χ3v) is 4.14. The van der Waals surface area contributed by atoms with Crippen LogP contribution in [-0.4, -0.2) is 25.9 Å². The summed E-state index contributed by atoms with van der Waals surface area (Å²) in [5.74, 6) is -2.26. The second-order valence-electron chi connectivity index (χ2n) is 5.83. The van der Waals surface area contributed by atoms with Crippen LogP contribution in [-0.2, 0) is 19.3 Å². The number of halogens is 6. The predicted octanol–water partition coefficient (Wildman–Crippen LogP) is 3.60. The van der Waals surface area contributed by atoms with Crippen LogP contribution in [0.4, 0.5) is 22.0 Å². The number of alkyl halides is 3. The van der Waals surface area contributed by atoms with Crippen LogP contribution in [0.3, 0.4) is 0 Å². The van der Waals surface area contributed by atoms with E-state index < -0.39 is 29.3 Å².